The van der Waals surface area contributed by atoms with E-state index in [1.54, 1.807) is 14.0 Å². The predicted octanol–water partition coefficient (Wildman–Crippen LogP) is 2.79. The van der Waals surface area contributed by atoms with Crippen LogP contribution in [0, 0.1) is 18.6 Å². The Morgan fingerprint density at radius 3 is 2.79 bits per heavy atom. The van der Waals surface area contributed by atoms with Gasteiger partial charge in [-0.3, -0.25) is 9.89 Å². The number of aryl methyl sites for hydroxylation is 1. The number of hydrogen-bond donors (Lipinski definition) is 1. The van der Waals surface area contributed by atoms with Crippen molar-refractivity contribution in [3.05, 3.63) is 52.3 Å². The van der Waals surface area contributed by atoms with Crippen LogP contribution in [0.3, 0.4) is 0 Å². The van der Waals surface area contributed by atoms with Gasteiger partial charge in [-0.15, -0.1) is 11.3 Å². The first-order valence-electron chi connectivity index (χ1n) is 6.98. The number of halogens is 2. The van der Waals surface area contributed by atoms with Crippen molar-refractivity contribution in [2.45, 2.75) is 13.5 Å². The van der Waals surface area contributed by atoms with E-state index in [1.165, 1.54) is 28.6 Å². The summed E-state index contributed by atoms with van der Waals surface area (Å²) in [6.45, 7) is 1.89. The van der Waals surface area contributed by atoms with Crippen LogP contribution in [0.25, 0.3) is 10.8 Å². The van der Waals surface area contributed by atoms with Crippen molar-refractivity contribution >= 4 is 17.2 Å². The molecule has 0 saturated heterocycles. The molecule has 124 valence electrons. The molecule has 0 bridgehead atoms. The first kappa shape index (κ1) is 16.2. The third kappa shape index (κ3) is 3.16. The van der Waals surface area contributed by atoms with Gasteiger partial charge < -0.3 is 4.90 Å². The molecular weight excluding hydrogens is 336 g/mol. The highest BCUT2D eigenvalue weighted by atomic mass is 32.1. The minimum absolute atomic E-state index is 0.158. The lowest BCUT2D eigenvalue weighted by Crippen LogP contribution is -2.26. The van der Waals surface area contributed by atoms with Crippen LogP contribution in [0.1, 0.15) is 20.9 Å². The molecule has 0 saturated carbocycles. The number of aromatic nitrogens is 4. The van der Waals surface area contributed by atoms with E-state index in [9.17, 15) is 13.6 Å². The van der Waals surface area contributed by atoms with Crippen LogP contribution >= 0.6 is 11.3 Å². The number of benzene rings is 1. The van der Waals surface area contributed by atoms with Gasteiger partial charge in [-0.2, -0.15) is 5.10 Å². The normalized spacial score (nSPS) is 10.8. The monoisotopic (exact) mass is 349 g/mol. The maximum atomic E-state index is 13.3. The lowest BCUT2D eigenvalue weighted by molar-refractivity contribution is 0.0788. The van der Waals surface area contributed by atoms with Gasteiger partial charge in [0.2, 0.25) is 0 Å². The quantitative estimate of drug-likeness (QED) is 0.786. The van der Waals surface area contributed by atoms with Gasteiger partial charge in [-0.1, -0.05) is 6.07 Å². The van der Waals surface area contributed by atoms with Crippen LogP contribution in [0.4, 0.5) is 8.78 Å². The van der Waals surface area contributed by atoms with Crippen LogP contribution in [0.2, 0.25) is 0 Å². The highest BCUT2D eigenvalue weighted by Crippen LogP contribution is 2.26. The van der Waals surface area contributed by atoms with Crippen LogP contribution < -0.4 is 0 Å². The van der Waals surface area contributed by atoms with E-state index in [-0.39, 0.29) is 12.5 Å². The number of rotatable bonds is 4. The minimum atomic E-state index is -0.935. The number of carbonyl (C=O) groups is 1. The molecule has 1 amide bonds. The third-order valence-electron chi connectivity index (χ3n) is 3.36. The van der Waals surface area contributed by atoms with Crippen molar-refractivity contribution in [2.75, 3.05) is 7.05 Å². The van der Waals surface area contributed by atoms with E-state index in [0.29, 0.717) is 27.0 Å². The maximum absolute atomic E-state index is 13.3. The average Bonchev–Trinajstić information content (AvgIpc) is 3.19. The molecule has 3 rings (SSSR count). The van der Waals surface area contributed by atoms with Gasteiger partial charge in [0, 0.05) is 13.6 Å². The van der Waals surface area contributed by atoms with E-state index in [4.69, 9.17) is 0 Å². The first-order valence-corrected chi connectivity index (χ1v) is 7.80. The number of H-pyrrole nitrogens is 1. The van der Waals surface area contributed by atoms with Crippen molar-refractivity contribution < 1.29 is 13.6 Å². The summed E-state index contributed by atoms with van der Waals surface area (Å²) in [5, 5.41) is 7.02. The fourth-order valence-corrected chi connectivity index (χ4v) is 3.17. The molecule has 3 aromatic rings. The average molecular weight is 349 g/mol. The number of carbonyl (C=O) groups excluding carboxylic acids is 1. The summed E-state index contributed by atoms with van der Waals surface area (Å²) >= 11 is 1.20. The van der Waals surface area contributed by atoms with Crippen LogP contribution in [-0.4, -0.2) is 38.0 Å². The molecule has 6 nitrogen and oxygen atoms in total. The van der Waals surface area contributed by atoms with Gasteiger partial charge in [-0.25, -0.2) is 18.7 Å². The van der Waals surface area contributed by atoms with Crippen LogP contribution in [0.5, 0.6) is 0 Å². The number of aromatic amines is 1. The molecule has 1 N–H and O–H groups in total. The Kier molecular flexibility index (Phi) is 4.34. The van der Waals surface area contributed by atoms with Gasteiger partial charge in [0.15, 0.2) is 22.5 Å². The predicted molar refractivity (Wildman–Crippen MR) is 84.4 cm³/mol. The molecule has 0 radical (unpaired) electrons. The second-order valence-electron chi connectivity index (χ2n) is 5.18. The Labute approximate surface area is 140 Å². The number of hydrogen-bond acceptors (Lipinski definition) is 5. The Morgan fingerprint density at radius 2 is 2.12 bits per heavy atom. The molecule has 24 heavy (non-hydrogen) atoms. The first-order chi connectivity index (χ1) is 11.5. The van der Waals surface area contributed by atoms with E-state index >= 15 is 0 Å². The summed E-state index contributed by atoms with van der Waals surface area (Å²) in [6, 6.07) is 3.57. The fourth-order valence-electron chi connectivity index (χ4n) is 2.16. The number of nitrogens with one attached hydrogen (secondary N) is 1. The molecule has 2 aromatic heterocycles. The lowest BCUT2D eigenvalue weighted by Gasteiger charge is -2.16. The molecule has 0 atom stereocenters. The molecule has 1 aromatic carbocycles. The van der Waals surface area contributed by atoms with Gasteiger partial charge in [0.05, 0.1) is 5.69 Å². The second kappa shape index (κ2) is 6.44. The Bertz CT molecular complexity index is 878. The van der Waals surface area contributed by atoms with Gasteiger partial charge >= 0.3 is 0 Å². The molecule has 0 spiro atoms. The zero-order valence-electron chi connectivity index (χ0n) is 12.9. The van der Waals surface area contributed by atoms with Gasteiger partial charge in [0.1, 0.15) is 11.2 Å². The third-order valence-corrected chi connectivity index (χ3v) is 4.51. The maximum Gasteiger partial charge on any atom is 0.265 e. The largest absolute Gasteiger partial charge is 0.337 e. The molecule has 9 heteroatoms. The van der Waals surface area contributed by atoms with Crippen molar-refractivity contribution in [2.24, 2.45) is 0 Å². The number of thiazole rings is 1. The Balaban J connectivity index is 1.79. The second-order valence-corrected chi connectivity index (χ2v) is 6.18. The Hall–Kier alpha value is -2.68. The van der Waals surface area contributed by atoms with E-state index in [1.807, 2.05) is 0 Å². The molecule has 2 heterocycles. The number of amides is 1. The van der Waals surface area contributed by atoms with E-state index in [0.717, 1.165) is 12.1 Å². The lowest BCUT2D eigenvalue weighted by atomic mass is 10.2. The fraction of sp³-hybridized carbons (Fsp3) is 0.200. The van der Waals surface area contributed by atoms with Crippen molar-refractivity contribution in [1.29, 1.82) is 0 Å². The zero-order valence-corrected chi connectivity index (χ0v) is 13.7. The SMILES string of the molecule is Cc1nc(-c2ncn[nH]2)sc1C(=O)N(C)Cc1ccc(F)c(F)c1. The van der Waals surface area contributed by atoms with E-state index < -0.39 is 11.6 Å². The molecule has 0 aliphatic carbocycles. The summed E-state index contributed by atoms with van der Waals surface area (Å²) in [5.41, 5.74) is 1.08. The summed E-state index contributed by atoms with van der Waals surface area (Å²) in [6.07, 6.45) is 1.36. The molecule has 0 aliphatic rings. The molecular formula is C15H13F2N5OS. The molecule has 0 fully saturated rings. The summed E-state index contributed by atoms with van der Waals surface area (Å²) in [7, 11) is 1.59. The molecule has 0 aliphatic heterocycles. The highest BCUT2D eigenvalue weighted by molar-refractivity contribution is 7.17. The van der Waals surface area contributed by atoms with Crippen molar-refractivity contribution in [3.63, 3.8) is 0 Å². The standard InChI is InChI=1S/C15H13F2N5OS/c1-8-12(24-14(20-8)13-18-7-19-21-13)15(23)22(2)6-9-3-4-10(16)11(17)5-9/h3-5,7H,6H2,1-2H3,(H,18,19,21). The zero-order chi connectivity index (χ0) is 17.3. The topological polar surface area (TPSA) is 74.8 Å². The van der Waals surface area contributed by atoms with Crippen LogP contribution in [-0.2, 0) is 6.54 Å². The highest BCUT2D eigenvalue weighted by Gasteiger charge is 2.21. The Morgan fingerprint density at radius 1 is 1.33 bits per heavy atom. The molecule has 0 unspecified atom stereocenters. The van der Waals surface area contributed by atoms with Gasteiger partial charge in [-0.05, 0) is 24.6 Å². The van der Waals surface area contributed by atoms with Crippen molar-refractivity contribution in [1.82, 2.24) is 25.1 Å². The van der Waals surface area contributed by atoms with Crippen molar-refractivity contribution in [3.8, 4) is 10.8 Å². The van der Waals surface area contributed by atoms with Gasteiger partial charge in [0.25, 0.3) is 5.91 Å². The summed E-state index contributed by atoms with van der Waals surface area (Å²) in [5.74, 6) is -1.61. The summed E-state index contributed by atoms with van der Waals surface area (Å²) < 4.78 is 26.2. The summed E-state index contributed by atoms with van der Waals surface area (Å²) in [4.78, 5) is 22.8. The minimum Gasteiger partial charge on any atom is -0.337 e. The van der Waals surface area contributed by atoms with Crippen LogP contribution in [0.15, 0.2) is 24.5 Å². The number of nitrogens with zero attached hydrogens (tertiary/aromatic N) is 4. The van der Waals surface area contributed by atoms with E-state index in [2.05, 4.69) is 20.2 Å². The smallest absolute Gasteiger partial charge is 0.265 e.